The van der Waals surface area contributed by atoms with Crippen LogP contribution in [0.15, 0.2) is 0 Å². The number of amides is 1. The van der Waals surface area contributed by atoms with Gasteiger partial charge in [0.2, 0.25) is 5.91 Å². The summed E-state index contributed by atoms with van der Waals surface area (Å²) in [5.41, 5.74) is 5.57. The lowest BCUT2D eigenvalue weighted by molar-refractivity contribution is -0.199. The number of carbonyl (C=O) groups is 3. The van der Waals surface area contributed by atoms with E-state index in [2.05, 4.69) is 6.92 Å². The van der Waals surface area contributed by atoms with E-state index in [1.165, 1.54) is 64.8 Å². The van der Waals surface area contributed by atoms with E-state index < -0.39 is 66.7 Å². The minimum absolute atomic E-state index is 0.0160. The second-order valence-electron chi connectivity index (χ2n) is 12.2. The topological polar surface area (TPSA) is 172 Å². The van der Waals surface area contributed by atoms with Crippen LogP contribution in [0.2, 0.25) is 0 Å². The third-order valence-electron chi connectivity index (χ3n) is 8.68. The van der Waals surface area contributed by atoms with Gasteiger partial charge in [0.1, 0.15) is 30.5 Å². The number of carboxylic acid groups (broad SMARTS) is 1. The van der Waals surface area contributed by atoms with Crippen molar-refractivity contribution < 1.29 is 43.9 Å². The Morgan fingerprint density at radius 2 is 1.49 bits per heavy atom. The fourth-order valence-corrected chi connectivity index (χ4v) is 6.09. The number of aliphatic hydroxyl groups is 2. The average Bonchev–Trinajstić information content (AvgIpc) is 3.17. The molecular weight excluding hydrogens is 558 g/mol. The van der Waals surface area contributed by atoms with Crippen LogP contribution in [0, 0.1) is 0 Å². The molecule has 8 atom stereocenters. The predicted molar refractivity (Wildman–Crippen MR) is 161 cm³/mol. The molecule has 2 fully saturated rings. The van der Waals surface area contributed by atoms with Crippen molar-refractivity contribution in [2.45, 2.75) is 153 Å². The lowest BCUT2D eigenvalue weighted by Crippen LogP contribution is -2.54. The number of rotatable bonds is 20. The first-order valence-corrected chi connectivity index (χ1v) is 16.3. The van der Waals surface area contributed by atoms with E-state index in [0.717, 1.165) is 24.2 Å². The number of hydrogen-bond donors (Lipinski definition) is 4. The van der Waals surface area contributed by atoms with Gasteiger partial charge in [0.15, 0.2) is 12.3 Å². The maximum absolute atomic E-state index is 13.4. The zero-order chi connectivity index (χ0) is 31.9. The molecule has 43 heavy (non-hydrogen) atoms. The molecule has 12 heteroatoms. The van der Waals surface area contributed by atoms with Crippen molar-refractivity contribution in [1.82, 2.24) is 9.80 Å². The molecule has 0 unspecified atom stereocenters. The summed E-state index contributed by atoms with van der Waals surface area (Å²) in [7, 11) is 2.99. The maximum Gasteiger partial charge on any atom is 0.330 e. The third kappa shape index (κ3) is 11.6. The summed E-state index contributed by atoms with van der Waals surface area (Å²) in [4.78, 5) is 41.0. The number of nitrogens with zero attached hydrogens (tertiary/aromatic N) is 2. The molecule has 0 saturated carbocycles. The van der Waals surface area contributed by atoms with Crippen LogP contribution in [0.1, 0.15) is 104 Å². The number of likely N-dealkylation sites (N-methyl/N-ethyl adjacent to an activating group) is 2. The van der Waals surface area contributed by atoms with E-state index in [-0.39, 0.29) is 19.5 Å². The van der Waals surface area contributed by atoms with E-state index in [0.29, 0.717) is 6.42 Å². The van der Waals surface area contributed by atoms with Crippen LogP contribution in [0.5, 0.6) is 0 Å². The number of carbonyl (C=O) groups excluding carboxylic acids is 2. The molecule has 250 valence electrons. The van der Waals surface area contributed by atoms with Crippen molar-refractivity contribution in [2.24, 2.45) is 5.73 Å². The molecule has 2 saturated heterocycles. The summed E-state index contributed by atoms with van der Waals surface area (Å²) in [6, 6.07) is -2.33. The molecule has 2 rings (SSSR count). The second-order valence-corrected chi connectivity index (χ2v) is 12.2. The van der Waals surface area contributed by atoms with Crippen LogP contribution >= 0.6 is 0 Å². The second kappa shape index (κ2) is 19.5. The monoisotopic (exact) mass is 615 g/mol. The van der Waals surface area contributed by atoms with Crippen LogP contribution in [0.3, 0.4) is 0 Å². The van der Waals surface area contributed by atoms with Crippen LogP contribution in [0.25, 0.3) is 0 Å². The molecule has 0 spiro atoms. The van der Waals surface area contributed by atoms with E-state index in [1.54, 1.807) is 18.9 Å². The van der Waals surface area contributed by atoms with Crippen LogP contribution < -0.4 is 5.73 Å². The summed E-state index contributed by atoms with van der Waals surface area (Å²) in [6.07, 6.45) is 9.09. The molecule has 12 nitrogen and oxygen atoms in total. The van der Waals surface area contributed by atoms with Gasteiger partial charge in [-0.25, -0.2) is 4.79 Å². The van der Waals surface area contributed by atoms with E-state index >= 15 is 0 Å². The van der Waals surface area contributed by atoms with E-state index in [9.17, 15) is 29.7 Å². The lowest BCUT2D eigenvalue weighted by atomic mass is 10.0. The summed E-state index contributed by atoms with van der Waals surface area (Å²) >= 11 is 0. The summed E-state index contributed by atoms with van der Waals surface area (Å²) in [5.74, 6) is -2.30. The van der Waals surface area contributed by atoms with Crippen molar-refractivity contribution in [3.8, 4) is 0 Å². The summed E-state index contributed by atoms with van der Waals surface area (Å²) in [6.45, 7) is 3.79. The molecule has 5 N–H and O–H groups in total. The van der Waals surface area contributed by atoms with Gasteiger partial charge in [-0.1, -0.05) is 84.0 Å². The largest absolute Gasteiger partial charge is 0.480 e. The van der Waals surface area contributed by atoms with Gasteiger partial charge in [-0.05, 0) is 20.4 Å². The highest BCUT2D eigenvalue weighted by Crippen LogP contribution is 2.27. The molecule has 0 aromatic heterocycles. The first kappa shape index (κ1) is 37.4. The predicted octanol–water partition coefficient (Wildman–Crippen LogP) is 2.42. The highest BCUT2D eigenvalue weighted by Gasteiger charge is 2.49. The zero-order valence-electron chi connectivity index (χ0n) is 26.7. The van der Waals surface area contributed by atoms with Gasteiger partial charge in [0.25, 0.3) is 0 Å². The number of aliphatic carboxylic acids is 1. The molecule has 0 radical (unpaired) electrons. The SMILES string of the molecule is CCCCCCCCCCCCCCCC(=O)O[C@H]1CN(C)[C@@H]([C@@H](C)O[C@@H]2O[C@H](CN)[C@@H](O)[C@H]2O)C(=O)N(C)[C@@H]1C(=O)O. The number of unbranched alkanes of at least 4 members (excludes halogenated alkanes) is 12. The number of aliphatic hydroxyl groups excluding tert-OH is 2. The number of nitrogens with two attached hydrogens (primary N) is 1. The Labute approximate surface area is 257 Å². The molecule has 0 aromatic rings. The van der Waals surface area contributed by atoms with E-state index in [4.69, 9.17) is 19.9 Å². The van der Waals surface area contributed by atoms with Crippen LogP contribution in [-0.4, -0.2) is 119 Å². The van der Waals surface area contributed by atoms with Crippen LogP contribution in [-0.2, 0) is 28.6 Å². The Kier molecular flexibility index (Phi) is 17.0. The minimum atomic E-state index is -1.38. The standard InChI is InChI=1S/C31H57N3O9/c1-5-6-7-8-9-10-11-12-13-14-15-16-17-18-24(35)42-23-20-33(3)25(29(38)34(4)26(23)30(39)40)21(2)41-31-28(37)27(36)22(19-32)43-31/h21-23,25-28,31,36-37H,5-20,32H2,1-4H3,(H,39,40)/t21-,22-,23+,25+,26+,27-,28-,31-/m1/s1. The van der Waals surface area contributed by atoms with Crippen molar-refractivity contribution >= 4 is 17.8 Å². The lowest BCUT2D eigenvalue weighted by Gasteiger charge is -2.33. The quantitative estimate of drug-likeness (QED) is 0.117. The van der Waals surface area contributed by atoms with Gasteiger partial charge >= 0.3 is 11.9 Å². The zero-order valence-corrected chi connectivity index (χ0v) is 26.7. The van der Waals surface area contributed by atoms with Crippen molar-refractivity contribution in [2.75, 3.05) is 27.2 Å². The van der Waals surface area contributed by atoms with Crippen LogP contribution in [0.4, 0.5) is 0 Å². The summed E-state index contributed by atoms with van der Waals surface area (Å²) < 4.78 is 17.0. The number of esters is 1. The van der Waals surface area contributed by atoms with Gasteiger partial charge < -0.3 is 40.2 Å². The first-order valence-electron chi connectivity index (χ1n) is 16.3. The van der Waals surface area contributed by atoms with Crippen molar-refractivity contribution in [3.63, 3.8) is 0 Å². The Bertz CT molecular complexity index is 847. The Balaban J connectivity index is 1.81. The number of ether oxygens (including phenoxy) is 3. The van der Waals surface area contributed by atoms with Gasteiger partial charge in [-0.15, -0.1) is 0 Å². The fraction of sp³-hybridized carbons (Fsp3) is 0.903. The summed E-state index contributed by atoms with van der Waals surface area (Å²) in [5, 5.41) is 30.4. The Morgan fingerprint density at radius 3 is 1.98 bits per heavy atom. The van der Waals surface area contributed by atoms with Gasteiger partial charge in [-0.3, -0.25) is 14.5 Å². The molecule has 2 aliphatic rings. The Morgan fingerprint density at radius 1 is 0.953 bits per heavy atom. The Hall–Kier alpha value is -1.83. The van der Waals surface area contributed by atoms with Gasteiger partial charge in [0.05, 0.1) is 6.10 Å². The molecule has 0 bridgehead atoms. The highest BCUT2D eigenvalue weighted by atomic mass is 16.7. The number of carboxylic acids is 1. The smallest absolute Gasteiger partial charge is 0.330 e. The molecule has 2 heterocycles. The number of hydrogen-bond acceptors (Lipinski definition) is 10. The first-order chi connectivity index (χ1) is 20.5. The highest BCUT2D eigenvalue weighted by molar-refractivity contribution is 5.88. The molecule has 1 amide bonds. The van der Waals surface area contributed by atoms with Gasteiger partial charge in [-0.2, -0.15) is 0 Å². The third-order valence-corrected chi connectivity index (χ3v) is 8.68. The van der Waals surface area contributed by atoms with Crippen molar-refractivity contribution in [1.29, 1.82) is 0 Å². The molecular formula is C31H57N3O9. The average molecular weight is 616 g/mol. The molecule has 0 aliphatic carbocycles. The minimum Gasteiger partial charge on any atom is -0.480 e. The van der Waals surface area contributed by atoms with Gasteiger partial charge in [0, 0.05) is 26.6 Å². The molecule has 0 aromatic carbocycles. The molecule has 2 aliphatic heterocycles. The van der Waals surface area contributed by atoms with Crippen molar-refractivity contribution in [3.05, 3.63) is 0 Å². The fourth-order valence-electron chi connectivity index (χ4n) is 6.09. The van der Waals surface area contributed by atoms with E-state index in [1.807, 2.05) is 0 Å². The normalized spacial score (nSPS) is 29.0. The maximum atomic E-state index is 13.4.